The normalized spacial score (nSPS) is 17.8. The summed E-state index contributed by atoms with van der Waals surface area (Å²) < 4.78 is 36.0. The third kappa shape index (κ3) is 2.93. The average Bonchev–Trinajstić information content (AvgIpc) is 2.99. The largest absolute Gasteiger partial charge is 0.487 e. The number of aromatic nitrogens is 2. The molecule has 2 heterocycles. The van der Waals surface area contributed by atoms with Crippen LogP contribution in [-0.2, 0) is 10.0 Å². The predicted molar refractivity (Wildman–Crippen MR) is 96.1 cm³/mol. The van der Waals surface area contributed by atoms with E-state index in [1.54, 1.807) is 16.9 Å². The third-order valence-electron chi connectivity index (χ3n) is 3.95. The minimum atomic E-state index is -3.70. The molecule has 0 amide bonds. The summed E-state index contributed by atoms with van der Waals surface area (Å²) in [5.41, 5.74) is 1.54. The van der Waals surface area contributed by atoms with Gasteiger partial charge in [0.05, 0.1) is 18.4 Å². The van der Waals surface area contributed by atoms with Crippen molar-refractivity contribution in [3.8, 4) is 5.75 Å². The highest BCUT2D eigenvalue weighted by molar-refractivity contribution is 9.10. The number of hydrogen-bond donors (Lipinski definition) is 0. The first-order valence-corrected chi connectivity index (χ1v) is 9.97. The lowest BCUT2D eigenvalue weighted by Gasteiger charge is -2.34. The van der Waals surface area contributed by atoms with Gasteiger partial charge in [-0.25, -0.2) is 8.42 Å². The van der Waals surface area contributed by atoms with Gasteiger partial charge in [-0.15, -0.1) is 0 Å². The number of nitrogens with zero attached hydrogens (tertiary/aromatic N) is 3. The number of halogens is 1. The van der Waals surface area contributed by atoms with E-state index >= 15 is 0 Å². The molecule has 2 aromatic rings. The smallest absolute Gasteiger partial charge is 0.267 e. The van der Waals surface area contributed by atoms with Gasteiger partial charge in [0.2, 0.25) is 0 Å². The molecule has 1 aromatic heterocycles. The highest BCUT2D eigenvalue weighted by Gasteiger charge is 2.34. The van der Waals surface area contributed by atoms with Gasteiger partial charge in [-0.1, -0.05) is 15.9 Å². The Morgan fingerprint density at radius 1 is 1.38 bits per heavy atom. The van der Waals surface area contributed by atoms with Crippen molar-refractivity contribution in [1.82, 2.24) is 9.78 Å². The van der Waals surface area contributed by atoms with Crippen molar-refractivity contribution in [3.05, 3.63) is 34.6 Å². The molecule has 0 aliphatic carbocycles. The van der Waals surface area contributed by atoms with E-state index in [1.165, 1.54) is 10.5 Å². The van der Waals surface area contributed by atoms with E-state index < -0.39 is 10.0 Å². The summed E-state index contributed by atoms with van der Waals surface area (Å²) in [7, 11) is -3.70. The maximum Gasteiger partial charge on any atom is 0.267 e. The summed E-state index contributed by atoms with van der Waals surface area (Å²) in [5, 5.41) is 4.15. The van der Waals surface area contributed by atoms with Crippen LogP contribution in [-0.4, -0.2) is 30.8 Å². The standard InChI is InChI=1S/C16H20BrN3O3S/c1-10(2)19-9-13(7-18-19)24(21,22)20-8-12(4)23-16-5-11(3)14(17)6-15(16)20/h5-7,9-10,12H,8H2,1-4H3/t12-/m1/s1. The molecule has 130 valence electrons. The van der Waals surface area contributed by atoms with Gasteiger partial charge in [0, 0.05) is 16.7 Å². The van der Waals surface area contributed by atoms with Crippen LogP contribution in [0.5, 0.6) is 5.75 Å². The highest BCUT2D eigenvalue weighted by Crippen LogP contribution is 2.40. The molecule has 0 spiro atoms. The van der Waals surface area contributed by atoms with Crippen molar-refractivity contribution >= 4 is 31.6 Å². The Labute approximate surface area is 150 Å². The van der Waals surface area contributed by atoms with Crippen LogP contribution in [0.4, 0.5) is 5.69 Å². The van der Waals surface area contributed by atoms with Gasteiger partial charge >= 0.3 is 0 Å². The minimum Gasteiger partial charge on any atom is -0.487 e. The second-order valence-corrected chi connectivity index (χ2v) is 9.00. The van der Waals surface area contributed by atoms with Crippen LogP contribution in [0, 0.1) is 6.92 Å². The number of aryl methyl sites for hydroxylation is 1. The second kappa shape index (κ2) is 6.07. The van der Waals surface area contributed by atoms with Crippen molar-refractivity contribution in [3.63, 3.8) is 0 Å². The zero-order valence-electron chi connectivity index (χ0n) is 14.0. The summed E-state index contributed by atoms with van der Waals surface area (Å²) in [5.74, 6) is 0.578. The first-order valence-electron chi connectivity index (χ1n) is 7.74. The van der Waals surface area contributed by atoms with E-state index in [0.717, 1.165) is 10.0 Å². The summed E-state index contributed by atoms with van der Waals surface area (Å²) in [6.45, 7) is 7.97. The Balaban J connectivity index is 2.10. The molecule has 0 N–H and O–H groups in total. The molecule has 0 saturated carbocycles. The zero-order chi connectivity index (χ0) is 17.6. The Kier molecular flexibility index (Phi) is 4.37. The van der Waals surface area contributed by atoms with E-state index in [2.05, 4.69) is 21.0 Å². The van der Waals surface area contributed by atoms with Crippen LogP contribution < -0.4 is 9.04 Å². The number of sulfonamides is 1. The molecule has 1 atom stereocenters. The van der Waals surface area contributed by atoms with Gasteiger partial charge in [-0.05, 0) is 45.4 Å². The van der Waals surface area contributed by atoms with Gasteiger partial charge in [0.15, 0.2) is 0 Å². The van der Waals surface area contributed by atoms with Crippen molar-refractivity contribution in [2.24, 2.45) is 0 Å². The molecule has 0 unspecified atom stereocenters. The van der Waals surface area contributed by atoms with E-state index in [1.807, 2.05) is 33.8 Å². The van der Waals surface area contributed by atoms with Crippen molar-refractivity contribution in [2.75, 3.05) is 10.8 Å². The maximum absolute atomic E-state index is 13.1. The number of anilines is 1. The average molecular weight is 414 g/mol. The van der Waals surface area contributed by atoms with Crippen LogP contribution in [0.15, 0.2) is 33.9 Å². The van der Waals surface area contributed by atoms with Crippen LogP contribution in [0.1, 0.15) is 32.4 Å². The van der Waals surface area contributed by atoms with E-state index in [-0.39, 0.29) is 23.6 Å². The maximum atomic E-state index is 13.1. The Bertz CT molecular complexity index is 877. The molecule has 1 aromatic carbocycles. The highest BCUT2D eigenvalue weighted by atomic mass is 79.9. The van der Waals surface area contributed by atoms with Gasteiger partial charge in [0.25, 0.3) is 10.0 Å². The number of ether oxygens (including phenoxy) is 1. The molecule has 0 saturated heterocycles. The Morgan fingerprint density at radius 3 is 2.71 bits per heavy atom. The molecule has 1 aliphatic heterocycles. The van der Waals surface area contributed by atoms with Gasteiger partial charge in [-0.2, -0.15) is 5.10 Å². The van der Waals surface area contributed by atoms with Crippen LogP contribution in [0.25, 0.3) is 0 Å². The summed E-state index contributed by atoms with van der Waals surface area (Å²) in [4.78, 5) is 0.188. The van der Waals surface area contributed by atoms with Crippen molar-refractivity contribution < 1.29 is 13.2 Å². The lowest BCUT2D eigenvalue weighted by atomic mass is 10.2. The number of hydrogen-bond acceptors (Lipinski definition) is 4. The Morgan fingerprint density at radius 2 is 2.08 bits per heavy atom. The van der Waals surface area contributed by atoms with Gasteiger partial charge in [-0.3, -0.25) is 8.99 Å². The van der Waals surface area contributed by atoms with E-state index in [9.17, 15) is 8.42 Å². The Hall–Kier alpha value is -1.54. The van der Waals surface area contributed by atoms with E-state index in [0.29, 0.717) is 11.4 Å². The summed E-state index contributed by atoms with van der Waals surface area (Å²) >= 11 is 3.47. The van der Waals surface area contributed by atoms with Crippen molar-refractivity contribution in [1.29, 1.82) is 0 Å². The van der Waals surface area contributed by atoms with Crippen LogP contribution >= 0.6 is 15.9 Å². The molecule has 0 fully saturated rings. The van der Waals surface area contributed by atoms with Gasteiger partial charge < -0.3 is 4.74 Å². The number of rotatable bonds is 3. The SMILES string of the molecule is Cc1cc2c(cc1Br)N(S(=O)(=O)c1cnn(C(C)C)c1)C[C@@H](C)O2. The topological polar surface area (TPSA) is 64.4 Å². The predicted octanol–water partition coefficient (Wildman–Crippen LogP) is 3.51. The molecular weight excluding hydrogens is 394 g/mol. The monoisotopic (exact) mass is 413 g/mol. The number of benzene rings is 1. The lowest BCUT2D eigenvalue weighted by molar-refractivity contribution is 0.219. The molecule has 3 rings (SSSR count). The van der Waals surface area contributed by atoms with E-state index in [4.69, 9.17) is 4.74 Å². The van der Waals surface area contributed by atoms with Crippen LogP contribution in [0.2, 0.25) is 0 Å². The van der Waals surface area contributed by atoms with Crippen molar-refractivity contribution in [2.45, 2.75) is 44.7 Å². The fourth-order valence-electron chi connectivity index (χ4n) is 2.61. The second-order valence-electron chi connectivity index (χ2n) is 6.28. The quantitative estimate of drug-likeness (QED) is 0.771. The fourth-order valence-corrected chi connectivity index (χ4v) is 4.43. The molecule has 6 nitrogen and oxygen atoms in total. The molecule has 0 bridgehead atoms. The first-order chi connectivity index (χ1) is 11.2. The molecule has 1 aliphatic rings. The molecular formula is C16H20BrN3O3S. The first kappa shape index (κ1) is 17.3. The van der Waals surface area contributed by atoms with Gasteiger partial charge in [0.1, 0.15) is 16.7 Å². The fraction of sp³-hybridized carbons (Fsp3) is 0.438. The summed E-state index contributed by atoms with van der Waals surface area (Å²) in [6.07, 6.45) is 2.74. The molecule has 24 heavy (non-hydrogen) atoms. The molecule has 8 heteroatoms. The minimum absolute atomic E-state index is 0.0987. The van der Waals surface area contributed by atoms with Crippen LogP contribution in [0.3, 0.4) is 0 Å². The molecule has 0 radical (unpaired) electrons. The summed E-state index contributed by atoms with van der Waals surface area (Å²) in [6, 6.07) is 3.75. The number of fused-ring (bicyclic) bond motifs is 1. The lowest BCUT2D eigenvalue weighted by Crippen LogP contribution is -2.42. The zero-order valence-corrected chi connectivity index (χ0v) is 16.4. The third-order valence-corrected chi connectivity index (χ3v) is 6.54.